The molecule has 19 heavy (non-hydrogen) atoms. The van der Waals surface area contributed by atoms with Gasteiger partial charge < -0.3 is 16.2 Å². The number of carbonyl (C=O) groups excluding carboxylic acids is 1. The van der Waals surface area contributed by atoms with Crippen LogP contribution in [0.25, 0.3) is 0 Å². The van der Waals surface area contributed by atoms with Gasteiger partial charge in [-0.05, 0) is 13.0 Å². The zero-order valence-corrected chi connectivity index (χ0v) is 11.7. The second-order valence-corrected chi connectivity index (χ2v) is 5.11. The van der Waals surface area contributed by atoms with Crippen molar-refractivity contribution in [3.63, 3.8) is 0 Å². The SMILES string of the molecule is CCCC[C@H](NC(=O)c1csc(CCN)n1)C(=O)O. The summed E-state index contributed by atoms with van der Waals surface area (Å²) in [4.78, 5) is 27.0. The number of hydrogen-bond donors (Lipinski definition) is 3. The lowest BCUT2D eigenvalue weighted by Crippen LogP contribution is -2.40. The Hall–Kier alpha value is -1.47. The summed E-state index contributed by atoms with van der Waals surface area (Å²) in [6.45, 7) is 2.45. The highest BCUT2D eigenvalue weighted by Gasteiger charge is 2.21. The maximum Gasteiger partial charge on any atom is 0.326 e. The van der Waals surface area contributed by atoms with Gasteiger partial charge in [0.2, 0.25) is 0 Å². The van der Waals surface area contributed by atoms with E-state index in [1.54, 1.807) is 5.38 Å². The standard InChI is InChI=1S/C12H19N3O3S/c1-2-3-4-8(12(17)18)15-11(16)9-7-19-10(14-9)5-6-13/h7-8H,2-6,13H2,1H3,(H,15,16)(H,17,18)/t8-/m0/s1. The Labute approximate surface area is 116 Å². The molecule has 0 unspecified atom stereocenters. The quantitative estimate of drug-likeness (QED) is 0.661. The van der Waals surface area contributed by atoms with Crippen LogP contribution in [0.3, 0.4) is 0 Å². The first-order chi connectivity index (χ1) is 9.08. The zero-order chi connectivity index (χ0) is 14.3. The Morgan fingerprint density at radius 3 is 2.89 bits per heavy atom. The molecular formula is C12H19N3O3S. The van der Waals surface area contributed by atoms with Crippen molar-refractivity contribution in [2.24, 2.45) is 5.73 Å². The number of nitrogens with one attached hydrogen (secondary N) is 1. The van der Waals surface area contributed by atoms with Gasteiger partial charge in [-0.1, -0.05) is 19.8 Å². The summed E-state index contributed by atoms with van der Waals surface area (Å²) in [6.07, 6.45) is 2.69. The predicted molar refractivity (Wildman–Crippen MR) is 73.3 cm³/mol. The zero-order valence-electron chi connectivity index (χ0n) is 10.9. The molecule has 1 aromatic rings. The number of carbonyl (C=O) groups is 2. The number of carboxylic acid groups (broad SMARTS) is 1. The normalized spacial score (nSPS) is 12.1. The van der Waals surface area contributed by atoms with Crippen LogP contribution in [0.5, 0.6) is 0 Å². The fraction of sp³-hybridized carbons (Fsp3) is 0.583. The van der Waals surface area contributed by atoms with Gasteiger partial charge in [-0.2, -0.15) is 0 Å². The monoisotopic (exact) mass is 285 g/mol. The number of nitrogens with zero attached hydrogens (tertiary/aromatic N) is 1. The van der Waals surface area contributed by atoms with Gasteiger partial charge in [-0.3, -0.25) is 4.79 Å². The molecule has 6 nitrogen and oxygen atoms in total. The van der Waals surface area contributed by atoms with Crippen LogP contribution in [0.2, 0.25) is 0 Å². The van der Waals surface area contributed by atoms with E-state index < -0.39 is 17.9 Å². The van der Waals surface area contributed by atoms with Crippen molar-refractivity contribution < 1.29 is 14.7 Å². The summed E-state index contributed by atoms with van der Waals surface area (Å²) >= 11 is 1.36. The highest BCUT2D eigenvalue weighted by atomic mass is 32.1. The molecule has 1 heterocycles. The van der Waals surface area contributed by atoms with Crippen LogP contribution in [0.1, 0.15) is 41.7 Å². The third-order valence-electron chi connectivity index (χ3n) is 2.59. The first-order valence-electron chi connectivity index (χ1n) is 6.26. The minimum Gasteiger partial charge on any atom is -0.480 e. The lowest BCUT2D eigenvalue weighted by molar-refractivity contribution is -0.139. The summed E-state index contributed by atoms with van der Waals surface area (Å²) in [5, 5.41) is 13.9. The van der Waals surface area contributed by atoms with Gasteiger partial charge in [0.1, 0.15) is 11.7 Å². The number of unbranched alkanes of at least 4 members (excludes halogenated alkanes) is 1. The highest BCUT2D eigenvalue weighted by Crippen LogP contribution is 2.10. The van der Waals surface area contributed by atoms with Crippen molar-refractivity contribution in [2.45, 2.75) is 38.6 Å². The molecule has 1 rings (SSSR count). The van der Waals surface area contributed by atoms with Gasteiger partial charge in [0.15, 0.2) is 0 Å². The van der Waals surface area contributed by atoms with E-state index in [9.17, 15) is 9.59 Å². The number of amides is 1. The van der Waals surface area contributed by atoms with Crippen LogP contribution in [0.4, 0.5) is 0 Å². The number of carboxylic acids is 1. The fourth-order valence-corrected chi connectivity index (χ4v) is 2.35. The summed E-state index contributed by atoms with van der Waals surface area (Å²) < 4.78 is 0. The smallest absolute Gasteiger partial charge is 0.326 e. The van der Waals surface area contributed by atoms with Crippen LogP contribution >= 0.6 is 11.3 Å². The topological polar surface area (TPSA) is 105 Å². The van der Waals surface area contributed by atoms with E-state index in [1.165, 1.54) is 11.3 Å². The summed E-state index contributed by atoms with van der Waals surface area (Å²) in [7, 11) is 0. The van der Waals surface area contributed by atoms with Crippen LogP contribution in [-0.4, -0.2) is 34.6 Å². The lowest BCUT2D eigenvalue weighted by atomic mass is 10.1. The molecule has 1 amide bonds. The molecule has 0 aliphatic rings. The Bertz CT molecular complexity index is 434. The number of aliphatic carboxylic acids is 1. The Kier molecular flexibility index (Phi) is 6.44. The molecule has 0 saturated carbocycles. The van der Waals surface area contributed by atoms with Gasteiger partial charge in [-0.15, -0.1) is 11.3 Å². The van der Waals surface area contributed by atoms with Crippen LogP contribution in [0.15, 0.2) is 5.38 Å². The van der Waals surface area contributed by atoms with Gasteiger partial charge in [0.05, 0.1) is 5.01 Å². The van der Waals surface area contributed by atoms with E-state index in [1.807, 2.05) is 6.92 Å². The number of thiazole rings is 1. The van der Waals surface area contributed by atoms with Crippen molar-refractivity contribution in [3.8, 4) is 0 Å². The van der Waals surface area contributed by atoms with Crippen molar-refractivity contribution in [2.75, 3.05) is 6.54 Å². The van der Waals surface area contributed by atoms with Crippen molar-refractivity contribution in [1.29, 1.82) is 0 Å². The molecule has 1 aromatic heterocycles. The first kappa shape index (κ1) is 15.6. The van der Waals surface area contributed by atoms with E-state index >= 15 is 0 Å². The number of rotatable bonds is 8. The van der Waals surface area contributed by atoms with Crippen molar-refractivity contribution >= 4 is 23.2 Å². The molecular weight excluding hydrogens is 266 g/mol. The van der Waals surface area contributed by atoms with Crippen molar-refractivity contribution in [3.05, 3.63) is 16.1 Å². The first-order valence-corrected chi connectivity index (χ1v) is 7.14. The van der Waals surface area contributed by atoms with Gasteiger partial charge in [0, 0.05) is 11.8 Å². The minimum atomic E-state index is -1.01. The lowest BCUT2D eigenvalue weighted by Gasteiger charge is -2.12. The highest BCUT2D eigenvalue weighted by molar-refractivity contribution is 7.09. The fourth-order valence-electron chi connectivity index (χ4n) is 1.55. The van der Waals surface area contributed by atoms with Gasteiger partial charge in [-0.25, -0.2) is 9.78 Å². The van der Waals surface area contributed by atoms with E-state index in [0.29, 0.717) is 19.4 Å². The molecule has 7 heteroatoms. The Morgan fingerprint density at radius 2 is 2.32 bits per heavy atom. The van der Waals surface area contributed by atoms with E-state index in [0.717, 1.165) is 17.8 Å². The summed E-state index contributed by atoms with van der Waals surface area (Å²) in [5.74, 6) is -1.46. The predicted octanol–water partition coefficient (Wildman–Crippen LogP) is 1.02. The number of hydrogen-bond acceptors (Lipinski definition) is 5. The maximum atomic E-state index is 11.9. The molecule has 0 fully saturated rings. The molecule has 106 valence electrons. The van der Waals surface area contributed by atoms with E-state index in [4.69, 9.17) is 10.8 Å². The molecule has 0 saturated heterocycles. The van der Waals surface area contributed by atoms with E-state index in [2.05, 4.69) is 10.3 Å². The Morgan fingerprint density at radius 1 is 1.58 bits per heavy atom. The minimum absolute atomic E-state index is 0.260. The molecule has 0 aliphatic carbocycles. The second-order valence-electron chi connectivity index (χ2n) is 4.17. The Balaban J connectivity index is 2.62. The molecule has 0 bridgehead atoms. The van der Waals surface area contributed by atoms with Gasteiger partial charge >= 0.3 is 5.97 Å². The summed E-state index contributed by atoms with van der Waals surface area (Å²) in [6, 6.07) is -0.855. The molecule has 0 radical (unpaired) electrons. The maximum absolute atomic E-state index is 11.9. The molecule has 0 aliphatic heterocycles. The summed E-state index contributed by atoms with van der Waals surface area (Å²) in [5.41, 5.74) is 5.67. The van der Waals surface area contributed by atoms with Gasteiger partial charge in [0.25, 0.3) is 5.91 Å². The van der Waals surface area contributed by atoms with Crippen molar-refractivity contribution in [1.82, 2.24) is 10.3 Å². The third kappa shape index (κ3) is 4.96. The number of aromatic nitrogens is 1. The largest absolute Gasteiger partial charge is 0.480 e. The third-order valence-corrected chi connectivity index (χ3v) is 3.50. The van der Waals surface area contributed by atoms with E-state index in [-0.39, 0.29) is 5.69 Å². The molecule has 4 N–H and O–H groups in total. The second kappa shape index (κ2) is 7.85. The molecule has 1 atom stereocenters. The molecule has 0 aromatic carbocycles. The average Bonchev–Trinajstić information content (AvgIpc) is 2.83. The molecule has 0 spiro atoms. The van der Waals surface area contributed by atoms with Crippen LogP contribution in [0, 0.1) is 0 Å². The average molecular weight is 285 g/mol. The van der Waals surface area contributed by atoms with Crippen LogP contribution in [-0.2, 0) is 11.2 Å². The van der Waals surface area contributed by atoms with Crippen LogP contribution < -0.4 is 11.1 Å². The number of nitrogens with two attached hydrogens (primary N) is 1.